The Bertz CT molecular complexity index is 2900. The molecule has 54 heavy (non-hydrogen) atoms. The van der Waals surface area contributed by atoms with Gasteiger partial charge in [0.15, 0.2) is 23.2 Å². The van der Waals surface area contributed by atoms with Crippen LogP contribution in [0.2, 0.25) is 0 Å². The number of ether oxygens (including phenoxy) is 1. The summed E-state index contributed by atoms with van der Waals surface area (Å²) in [6.07, 6.45) is 0. The normalized spacial score (nSPS) is 12.4. The minimum atomic E-state index is 0.175. The fourth-order valence-corrected chi connectivity index (χ4v) is 7.51. The third kappa shape index (κ3) is 5.36. The average Bonchev–Trinajstić information content (AvgIpc) is 3.56. The highest BCUT2D eigenvalue weighted by molar-refractivity contribution is 6.22. The van der Waals surface area contributed by atoms with E-state index in [0.29, 0.717) is 5.84 Å². The molecule has 6 heteroatoms. The van der Waals surface area contributed by atoms with Crippen molar-refractivity contribution in [1.82, 2.24) is 4.68 Å². The van der Waals surface area contributed by atoms with Crippen LogP contribution in [0.25, 0.3) is 43.7 Å². The van der Waals surface area contributed by atoms with Gasteiger partial charge in [-0.25, -0.2) is 4.99 Å². The van der Waals surface area contributed by atoms with E-state index in [-0.39, 0.29) is 5.84 Å². The van der Waals surface area contributed by atoms with Crippen LogP contribution in [0.3, 0.4) is 0 Å². The van der Waals surface area contributed by atoms with E-state index in [1.54, 1.807) is 0 Å². The van der Waals surface area contributed by atoms with Crippen molar-refractivity contribution >= 4 is 61.3 Å². The van der Waals surface area contributed by atoms with Crippen molar-refractivity contribution in [3.63, 3.8) is 0 Å². The summed E-state index contributed by atoms with van der Waals surface area (Å²) >= 11 is 0. The maximum absolute atomic E-state index is 8.96. The monoisotopic (exact) mass is 695 g/mol. The lowest BCUT2D eigenvalue weighted by Crippen LogP contribution is -2.25. The van der Waals surface area contributed by atoms with Crippen LogP contribution in [-0.2, 0) is 0 Å². The molecular formula is C48H33N5O. The highest BCUT2D eigenvalue weighted by atomic mass is 16.5. The lowest BCUT2D eigenvalue weighted by molar-refractivity contribution is 0.477. The molecule has 1 aromatic heterocycles. The first-order valence-corrected chi connectivity index (χ1v) is 18.0. The predicted octanol–water partition coefficient (Wildman–Crippen LogP) is 12.2. The standard InChI is InChI=1S/C48H33N5O/c49-47(33-15-4-1-5-16-33)50-48(34-17-6-2-7-18-34)51-53-42-29-25-32-14-10-11-21-38(32)46(42)39-27-24-35(30-43(39)53)36-26-28-41-45(31-36)54-44-23-13-12-22-40(44)52(41)37-19-8-3-9-20-37/h1-31H,(H2,49,50,51). The van der Waals surface area contributed by atoms with E-state index in [9.17, 15) is 0 Å². The number of benzene rings is 8. The summed E-state index contributed by atoms with van der Waals surface area (Å²) in [5.74, 6) is 2.35. The molecule has 0 unspecified atom stereocenters. The van der Waals surface area contributed by atoms with Gasteiger partial charge in [-0.15, -0.1) is 0 Å². The third-order valence-corrected chi connectivity index (χ3v) is 10.1. The van der Waals surface area contributed by atoms with Gasteiger partial charge in [0, 0.05) is 27.6 Å². The first kappa shape index (κ1) is 31.3. The van der Waals surface area contributed by atoms with E-state index in [1.807, 2.05) is 84.9 Å². The Morgan fingerprint density at radius 2 is 1.17 bits per heavy atom. The number of hydrogen-bond acceptors (Lipinski definition) is 3. The molecule has 2 heterocycles. The van der Waals surface area contributed by atoms with E-state index in [4.69, 9.17) is 15.1 Å². The van der Waals surface area contributed by atoms with Crippen LogP contribution in [0.1, 0.15) is 11.1 Å². The Balaban J connectivity index is 1.14. The highest BCUT2D eigenvalue weighted by Gasteiger charge is 2.26. The van der Waals surface area contributed by atoms with E-state index in [0.717, 1.165) is 72.6 Å². The molecule has 9 aromatic rings. The van der Waals surface area contributed by atoms with E-state index < -0.39 is 0 Å². The predicted molar refractivity (Wildman–Crippen MR) is 223 cm³/mol. The Hall–Kier alpha value is -7.44. The Morgan fingerprint density at radius 1 is 0.519 bits per heavy atom. The molecule has 0 spiro atoms. The summed E-state index contributed by atoms with van der Waals surface area (Å²) in [4.78, 5) is 7.15. The summed E-state index contributed by atoms with van der Waals surface area (Å²) in [5, 5.41) is 13.6. The van der Waals surface area contributed by atoms with Gasteiger partial charge in [-0.05, 0) is 70.4 Å². The molecule has 0 amide bonds. The molecule has 256 valence electrons. The molecule has 0 atom stereocenters. The number of aliphatic imine (C=N–C) groups is 1. The fraction of sp³-hybridized carbons (Fsp3) is 0. The molecule has 0 bridgehead atoms. The number of nitrogens with one attached hydrogen (secondary N) is 2. The van der Waals surface area contributed by atoms with Crippen molar-refractivity contribution in [1.29, 1.82) is 5.41 Å². The van der Waals surface area contributed by atoms with E-state index in [1.165, 1.54) is 10.8 Å². The number of amidine groups is 2. The topological polar surface area (TPSA) is 65.6 Å². The maximum atomic E-state index is 8.96. The number of nitrogens with zero attached hydrogens (tertiary/aromatic N) is 3. The molecule has 1 aliphatic heterocycles. The molecule has 8 aromatic carbocycles. The van der Waals surface area contributed by atoms with Crippen LogP contribution < -0.4 is 15.1 Å². The molecule has 0 fully saturated rings. The number of hydrogen-bond donors (Lipinski definition) is 2. The van der Waals surface area contributed by atoms with Gasteiger partial charge in [-0.1, -0.05) is 140 Å². The zero-order valence-corrected chi connectivity index (χ0v) is 29.1. The summed E-state index contributed by atoms with van der Waals surface area (Å²) in [7, 11) is 0. The number of para-hydroxylation sites is 3. The van der Waals surface area contributed by atoms with Gasteiger partial charge in [0.1, 0.15) is 0 Å². The molecule has 1 aliphatic rings. The van der Waals surface area contributed by atoms with Gasteiger partial charge in [-0.2, -0.15) is 0 Å². The number of fused-ring (bicyclic) bond motifs is 7. The van der Waals surface area contributed by atoms with Gasteiger partial charge in [-0.3, -0.25) is 15.5 Å². The highest BCUT2D eigenvalue weighted by Crippen LogP contribution is 2.51. The molecule has 0 saturated carbocycles. The molecule has 0 radical (unpaired) electrons. The molecule has 10 rings (SSSR count). The van der Waals surface area contributed by atoms with Crippen molar-refractivity contribution in [3.8, 4) is 22.6 Å². The van der Waals surface area contributed by atoms with Crippen molar-refractivity contribution in [2.75, 3.05) is 10.3 Å². The largest absolute Gasteiger partial charge is 0.453 e. The summed E-state index contributed by atoms with van der Waals surface area (Å²) < 4.78 is 8.70. The fourth-order valence-electron chi connectivity index (χ4n) is 7.51. The summed E-state index contributed by atoms with van der Waals surface area (Å²) in [5.41, 5.74) is 12.4. The van der Waals surface area contributed by atoms with Gasteiger partial charge in [0.25, 0.3) is 0 Å². The van der Waals surface area contributed by atoms with Crippen LogP contribution in [0, 0.1) is 5.41 Å². The first-order chi connectivity index (χ1) is 26.7. The molecule has 0 saturated heterocycles. The lowest BCUT2D eigenvalue weighted by Gasteiger charge is -2.33. The zero-order valence-electron chi connectivity index (χ0n) is 29.1. The van der Waals surface area contributed by atoms with Crippen LogP contribution in [0.4, 0.5) is 17.1 Å². The quantitative estimate of drug-likeness (QED) is 0.139. The molecule has 0 aliphatic carbocycles. The van der Waals surface area contributed by atoms with Crippen molar-refractivity contribution < 1.29 is 4.74 Å². The number of aromatic nitrogens is 1. The average molecular weight is 696 g/mol. The van der Waals surface area contributed by atoms with E-state index in [2.05, 4.69) is 118 Å². The van der Waals surface area contributed by atoms with Crippen molar-refractivity contribution in [2.45, 2.75) is 0 Å². The molecular weight excluding hydrogens is 663 g/mol. The van der Waals surface area contributed by atoms with Crippen LogP contribution >= 0.6 is 0 Å². The Morgan fingerprint density at radius 3 is 1.98 bits per heavy atom. The number of anilines is 3. The minimum Gasteiger partial charge on any atom is -0.453 e. The first-order valence-electron chi connectivity index (χ1n) is 18.0. The third-order valence-electron chi connectivity index (χ3n) is 10.1. The van der Waals surface area contributed by atoms with Crippen LogP contribution in [-0.4, -0.2) is 16.3 Å². The molecule has 2 N–H and O–H groups in total. The summed E-state index contributed by atoms with van der Waals surface area (Å²) in [6.45, 7) is 0. The van der Waals surface area contributed by atoms with Crippen molar-refractivity contribution in [3.05, 3.63) is 199 Å². The van der Waals surface area contributed by atoms with Crippen molar-refractivity contribution in [2.24, 2.45) is 4.99 Å². The Labute approximate surface area is 312 Å². The second-order valence-corrected chi connectivity index (χ2v) is 13.3. The lowest BCUT2D eigenvalue weighted by atomic mass is 10.00. The van der Waals surface area contributed by atoms with Gasteiger partial charge < -0.3 is 9.64 Å². The summed E-state index contributed by atoms with van der Waals surface area (Å²) in [6, 6.07) is 64.1. The van der Waals surface area contributed by atoms with E-state index >= 15 is 0 Å². The molecule has 6 nitrogen and oxygen atoms in total. The van der Waals surface area contributed by atoms with Gasteiger partial charge >= 0.3 is 0 Å². The Kier molecular flexibility index (Phi) is 7.51. The van der Waals surface area contributed by atoms with Gasteiger partial charge in [0.2, 0.25) is 0 Å². The minimum absolute atomic E-state index is 0.175. The second kappa shape index (κ2) is 13.0. The smallest absolute Gasteiger partial charge is 0.154 e. The maximum Gasteiger partial charge on any atom is 0.154 e. The SMILES string of the molecule is N=C(N=C(Nn1c2cc(-c3ccc4c(c3)Oc3ccccc3N4c3ccccc3)ccc2c2c3ccccc3ccc21)c1ccccc1)c1ccccc1. The van der Waals surface area contributed by atoms with Crippen LogP contribution in [0.5, 0.6) is 11.5 Å². The zero-order chi connectivity index (χ0) is 36.0. The van der Waals surface area contributed by atoms with Gasteiger partial charge in [0.05, 0.1) is 22.4 Å². The second-order valence-electron chi connectivity index (χ2n) is 13.3. The van der Waals surface area contributed by atoms with Crippen LogP contribution in [0.15, 0.2) is 193 Å². The number of rotatable bonds is 5.